The molecule has 2 N–H and O–H groups in total. The number of nitrogen functional groups attached to an aromatic ring is 1. The number of Topliss-reactive ketones (excluding diaryl/α,β-unsaturated/α-hetero) is 1. The second kappa shape index (κ2) is 3.93. The van der Waals surface area contributed by atoms with E-state index in [1.165, 1.54) is 6.92 Å². The van der Waals surface area contributed by atoms with Crippen LogP contribution < -0.4 is 10.5 Å². The second-order valence-electron chi connectivity index (χ2n) is 4.52. The van der Waals surface area contributed by atoms with Crippen LogP contribution in [0.15, 0.2) is 18.2 Å². The lowest BCUT2D eigenvalue weighted by Crippen LogP contribution is -2.23. The number of nitrogens with two attached hydrogens (primary N) is 1. The second-order valence-corrected chi connectivity index (χ2v) is 4.52. The van der Waals surface area contributed by atoms with Crippen molar-refractivity contribution in [2.45, 2.75) is 33.3 Å². The molecule has 15 heavy (non-hydrogen) atoms. The molecular weight excluding hydrogens is 190 g/mol. The van der Waals surface area contributed by atoms with Crippen molar-refractivity contribution >= 4 is 11.5 Å². The SMILES string of the molecule is CC(=O)c1ccc(OC(C)(C)C)cc1N. The third kappa shape index (κ3) is 3.27. The molecule has 0 bridgehead atoms. The molecule has 3 heteroatoms. The number of benzene rings is 1. The minimum atomic E-state index is -0.260. The summed E-state index contributed by atoms with van der Waals surface area (Å²) in [6, 6.07) is 5.14. The van der Waals surface area contributed by atoms with Crippen molar-refractivity contribution in [1.82, 2.24) is 0 Å². The van der Waals surface area contributed by atoms with E-state index in [2.05, 4.69) is 0 Å². The Morgan fingerprint density at radius 2 is 1.93 bits per heavy atom. The van der Waals surface area contributed by atoms with Gasteiger partial charge in [0, 0.05) is 17.3 Å². The maximum Gasteiger partial charge on any atom is 0.161 e. The van der Waals surface area contributed by atoms with Crippen LogP contribution in [0.1, 0.15) is 38.1 Å². The Morgan fingerprint density at radius 1 is 1.33 bits per heavy atom. The highest BCUT2D eigenvalue weighted by Crippen LogP contribution is 2.23. The number of hydrogen-bond acceptors (Lipinski definition) is 3. The normalized spacial score (nSPS) is 11.2. The zero-order valence-corrected chi connectivity index (χ0v) is 9.63. The van der Waals surface area contributed by atoms with Crippen LogP contribution in [0, 0.1) is 0 Å². The van der Waals surface area contributed by atoms with Crippen molar-refractivity contribution in [3.8, 4) is 5.75 Å². The van der Waals surface area contributed by atoms with E-state index in [1.54, 1.807) is 18.2 Å². The van der Waals surface area contributed by atoms with Gasteiger partial charge in [-0.3, -0.25) is 4.79 Å². The predicted octanol–water partition coefficient (Wildman–Crippen LogP) is 2.65. The molecule has 1 aromatic rings. The van der Waals surface area contributed by atoms with Gasteiger partial charge in [0.1, 0.15) is 11.4 Å². The Balaban J connectivity index is 2.97. The van der Waals surface area contributed by atoms with Crippen molar-refractivity contribution < 1.29 is 9.53 Å². The Hall–Kier alpha value is -1.51. The molecule has 0 fully saturated rings. The highest BCUT2D eigenvalue weighted by molar-refractivity contribution is 5.99. The zero-order valence-electron chi connectivity index (χ0n) is 9.63. The molecule has 1 aromatic carbocycles. The first-order valence-corrected chi connectivity index (χ1v) is 4.89. The quantitative estimate of drug-likeness (QED) is 0.599. The van der Waals surface area contributed by atoms with Crippen molar-refractivity contribution in [1.29, 1.82) is 0 Å². The zero-order chi connectivity index (χ0) is 11.6. The van der Waals surface area contributed by atoms with E-state index in [-0.39, 0.29) is 11.4 Å². The third-order valence-electron chi connectivity index (χ3n) is 1.83. The fraction of sp³-hybridized carbons (Fsp3) is 0.417. The molecular formula is C12H17NO2. The van der Waals surface area contributed by atoms with Crippen LogP contribution >= 0.6 is 0 Å². The van der Waals surface area contributed by atoms with E-state index in [9.17, 15) is 4.79 Å². The molecule has 3 nitrogen and oxygen atoms in total. The molecule has 0 spiro atoms. The molecule has 82 valence electrons. The lowest BCUT2D eigenvalue weighted by atomic mass is 10.1. The van der Waals surface area contributed by atoms with Crippen LogP contribution in [-0.4, -0.2) is 11.4 Å². The Kier molecular flexibility index (Phi) is 3.03. The van der Waals surface area contributed by atoms with Gasteiger partial charge in [0.25, 0.3) is 0 Å². The van der Waals surface area contributed by atoms with Crippen molar-refractivity contribution in [2.24, 2.45) is 0 Å². The molecule has 0 saturated heterocycles. The van der Waals surface area contributed by atoms with Gasteiger partial charge in [-0.25, -0.2) is 0 Å². The minimum Gasteiger partial charge on any atom is -0.488 e. The molecule has 0 aliphatic carbocycles. The van der Waals surface area contributed by atoms with Crippen molar-refractivity contribution in [3.63, 3.8) is 0 Å². The van der Waals surface area contributed by atoms with Gasteiger partial charge in [-0.05, 0) is 39.8 Å². The third-order valence-corrected chi connectivity index (χ3v) is 1.83. The van der Waals surface area contributed by atoms with E-state index in [4.69, 9.17) is 10.5 Å². The Labute approximate surface area is 90.2 Å². The molecule has 0 amide bonds. The van der Waals surface area contributed by atoms with E-state index < -0.39 is 0 Å². The summed E-state index contributed by atoms with van der Waals surface area (Å²) in [4.78, 5) is 11.1. The predicted molar refractivity (Wildman–Crippen MR) is 61.2 cm³/mol. The van der Waals surface area contributed by atoms with Crippen LogP contribution in [0.4, 0.5) is 5.69 Å². The summed E-state index contributed by atoms with van der Waals surface area (Å²) >= 11 is 0. The summed E-state index contributed by atoms with van der Waals surface area (Å²) in [5.74, 6) is 0.653. The summed E-state index contributed by atoms with van der Waals surface area (Å²) in [6.07, 6.45) is 0. The number of anilines is 1. The molecule has 0 heterocycles. The summed E-state index contributed by atoms with van der Waals surface area (Å²) in [7, 11) is 0. The average Bonchev–Trinajstić information content (AvgIpc) is 1.99. The number of hydrogen-bond donors (Lipinski definition) is 1. The van der Waals surface area contributed by atoms with Gasteiger partial charge in [-0.2, -0.15) is 0 Å². The van der Waals surface area contributed by atoms with Gasteiger partial charge in [-0.1, -0.05) is 0 Å². The summed E-state index contributed by atoms with van der Waals surface area (Å²) in [5, 5.41) is 0. The minimum absolute atomic E-state index is 0.0326. The van der Waals surface area contributed by atoms with Crippen molar-refractivity contribution in [2.75, 3.05) is 5.73 Å². The van der Waals surface area contributed by atoms with Crippen LogP contribution in [0.2, 0.25) is 0 Å². The molecule has 1 rings (SSSR count). The van der Waals surface area contributed by atoms with Crippen molar-refractivity contribution in [3.05, 3.63) is 23.8 Å². The van der Waals surface area contributed by atoms with E-state index in [0.29, 0.717) is 17.0 Å². The topological polar surface area (TPSA) is 52.3 Å². The molecule has 0 aromatic heterocycles. The largest absolute Gasteiger partial charge is 0.488 e. The summed E-state index contributed by atoms with van der Waals surface area (Å²) in [5.41, 5.74) is 6.48. The Bertz CT molecular complexity index is 378. The number of carbonyl (C=O) groups is 1. The standard InChI is InChI=1S/C12H17NO2/c1-8(14)10-6-5-9(7-11(10)13)15-12(2,3)4/h5-7H,13H2,1-4H3. The van der Waals surface area contributed by atoms with E-state index >= 15 is 0 Å². The molecule has 0 unspecified atom stereocenters. The number of carbonyl (C=O) groups excluding carboxylic acids is 1. The van der Waals surface area contributed by atoms with Crippen LogP contribution in [0.3, 0.4) is 0 Å². The number of ketones is 1. The monoisotopic (exact) mass is 207 g/mol. The smallest absolute Gasteiger partial charge is 0.161 e. The van der Waals surface area contributed by atoms with Gasteiger partial charge < -0.3 is 10.5 Å². The van der Waals surface area contributed by atoms with Gasteiger partial charge in [-0.15, -0.1) is 0 Å². The Morgan fingerprint density at radius 3 is 2.33 bits per heavy atom. The highest BCUT2D eigenvalue weighted by Gasteiger charge is 2.13. The van der Waals surface area contributed by atoms with Crippen LogP contribution in [-0.2, 0) is 0 Å². The molecule has 0 aliphatic heterocycles. The lowest BCUT2D eigenvalue weighted by Gasteiger charge is -2.21. The van der Waals surface area contributed by atoms with Crippen LogP contribution in [0.5, 0.6) is 5.75 Å². The van der Waals surface area contributed by atoms with Gasteiger partial charge in [0.2, 0.25) is 0 Å². The first-order chi connectivity index (χ1) is 6.79. The van der Waals surface area contributed by atoms with Gasteiger partial charge >= 0.3 is 0 Å². The van der Waals surface area contributed by atoms with Crippen LogP contribution in [0.25, 0.3) is 0 Å². The molecule has 0 aliphatic rings. The van der Waals surface area contributed by atoms with E-state index in [1.807, 2.05) is 20.8 Å². The van der Waals surface area contributed by atoms with Gasteiger partial charge in [0.05, 0.1) is 0 Å². The molecule has 0 radical (unpaired) electrons. The highest BCUT2D eigenvalue weighted by atomic mass is 16.5. The summed E-state index contributed by atoms with van der Waals surface area (Å²) < 4.78 is 5.63. The van der Waals surface area contributed by atoms with E-state index in [0.717, 1.165) is 0 Å². The van der Waals surface area contributed by atoms with Gasteiger partial charge in [0.15, 0.2) is 5.78 Å². The summed E-state index contributed by atoms with van der Waals surface area (Å²) in [6.45, 7) is 7.38. The lowest BCUT2D eigenvalue weighted by molar-refractivity contribution is 0.101. The first kappa shape index (κ1) is 11.6. The maximum atomic E-state index is 11.1. The number of ether oxygens (including phenoxy) is 1. The fourth-order valence-electron chi connectivity index (χ4n) is 1.28. The number of rotatable bonds is 2. The first-order valence-electron chi connectivity index (χ1n) is 4.89. The average molecular weight is 207 g/mol. The molecule has 0 saturated carbocycles. The molecule has 0 atom stereocenters. The fourth-order valence-corrected chi connectivity index (χ4v) is 1.28. The maximum absolute atomic E-state index is 11.1.